The third kappa shape index (κ3) is 5.44. The molecule has 5 nitrogen and oxygen atoms in total. The minimum Gasteiger partial charge on any atom is -0.310 e. The summed E-state index contributed by atoms with van der Waals surface area (Å²) < 4.78 is 4.53. The van der Waals surface area contributed by atoms with Crippen molar-refractivity contribution in [3.63, 3.8) is 0 Å². The topological polar surface area (TPSA) is 38.4 Å². The maximum Gasteiger partial charge on any atom is 0.221 e. The van der Waals surface area contributed by atoms with Gasteiger partial charge in [-0.1, -0.05) is 147 Å². The lowest BCUT2D eigenvalue weighted by Gasteiger charge is -2.28. The Kier molecular flexibility index (Phi) is 7.88. The molecule has 302 valence electrons. The van der Waals surface area contributed by atoms with E-state index >= 15 is 0 Å². The first-order valence-corrected chi connectivity index (χ1v) is 22.0. The van der Waals surface area contributed by atoms with Crippen LogP contribution >= 0.6 is 0 Å². The van der Waals surface area contributed by atoms with Gasteiger partial charge in [-0.2, -0.15) is 0 Å². The van der Waals surface area contributed by atoms with Crippen molar-refractivity contribution in [2.24, 2.45) is 0 Å². The van der Waals surface area contributed by atoms with Crippen LogP contribution in [0.4, 0.5) is 17.1 Å². The average molecular weight is 820 g/mol. The number of aromatic nitrogens is 4. The van der Waals surface area contributed by atoms with Gasteiger partial charge < -0.3 is 4.90 Å². The fourth-order valence-electron chi connectivity index (χ4n) is 10.4. The molecule has 5 heteroatoms. The Bertz CT molecular complexity index is 3800. The van der Waals surface area contributed by atoms with Crippen LogP contribution in [-0.2, 0) is 5.41 Å². The molecular weight excluding hydrogens is 779 g/mol. The van der Waals surface area contributed by atoms with E-state index in [0.29, 0.717) is 0 Å². The number of anilines is 3. The van der Waals surface area contributed by atoms with Gasteiger partial charge in [0.1, 0.15) is 5.65 Å². The normalized spacial score (nSPS) is 13.0. The zero-order valence-electron chi connectivity index (χ0n) is 35.4. The molecule has 0 unspecified atom stereocenters. The number of hydrogen-bond acceptors (Lipinski definition) is 3. The van der Waals surface area contributed by atoms with Crippen LogP contribution < -0.4 is 4.90 Å². The number of nitrogens with zero attached hydrogens (tertiary/aromatic N) is 5. The fourth-order valence-corrected chi connectivity index (χ4v) is 10.4. The van der Waals surface area contributed by atoms with Gasteiger partial charge in [0.15, 0.2) is 0 Å². The average Bonchev–Trinajstić information content (AvgIpc) is 3.98. The Morgan fingerprint density at radius 1 is 0.391 bits per heavy atom. The quantitative estimate of drug-likeness (QED) is 0.168. The van der Waals surface area contributed by atoms with E-state index in [1.54, 1.807) is 0 Å². The number of imidazole rings is 1. The maximum atomic E-state index is 5.36. The van der Waals surface area contributed by atoms with E-state index < -0.39 is 0 Å². The molecule has 0 aliphatic heterocycles. The predicted octanol–water partition coefficient (Wildman–Crippen LogP) is 15.2. The van der Waals surface area contributed by atoms with Gasteiger partial charge in [0.2, 0.25) is 5.95 Å². The molecule has 12 aromatic rings. The molecule has 0 radical (unpaired) electrons. The van der Waals surface area contributed by atoms with Gasteiger partial charge in [0.05, 0.1) is 27.6 Å². The number of hydrogen-bond donors (Lipinski definition) is 0. The summed E-state index contributed by atoms with van der Waals surface area (Å²) in [5.41, 5.74) is 19.3. The molecule has 0 saturated heterocycles. The van der Waals surface area contributed by atoms with Crippen LogP contribution in [0.25, 0.3) is 88.7 Å². The highest BCUT2D eigenvalue weighted by Gasteiger charge is 2.35. The van der Waals surface area contributed by atoms with Gasteiger partial charge in [-0.05, 0) is 123 Å². The van der Waals surface area contributed by atoms with Crippen molar-refractivity contribution in [2.45, 2.75) is 19.3 Å². The van der Waals surface area contributed by atoms with Gasteiger partial charge in [0, 0.05) is 38.6 Å². The van der Waals surface area contributed by atoms with Crippen LogP contribution in [0.2, 0.25) is 0 Å². The van der Waals surface area contributed by atoms with E-state index in [1.165, 1.54) is 44.2 Å². The molecule has 0 atom stereocenters. The highest BCUT2D eigenvalue weighted by Crippen LogP contribution is 2.51. The summed E-state index contributed by atoms with van der Waals surface area (Å²) in [6.07, 6.45) is 0. The molecule has 9 aromatic carbocycles. The molecule has 0 saturated carbocycles. The summed E-state index contributed by atoms with van der Waals surface area (Å²) in [7, 11) is 0. The summed E-state index contributed by atoms with van der Waals surface area (Å²) in [5.74, 6) is 0.821. The zero-order chi connectivity index (χ0) is 42.5. The lowest BCUT2D eigenvalue weighted by Crippen LogP contribution is -2.16. The van der Waals surface area contributed by atoms with Gasteiger partial charge >= 0.3 is 0 Å². The Morgan fingerprint density at radius 3 is 1.73 bits per heavy atom. The van der Waals surface area contributed by atoms with E-state index in [0.717, 1.165) is 72.8 Å². The molecular formula is C59H41N5. The Morgan fingerprint density at radius 2 is 0.953 bits per heavy atom. The minimum atomic E-state index is -0.112. The van der Waals surface area contributed by atoms with Crippen LogP contribution in [0.3, 0.4) is 0 Å². The van der Waals surface area contributed by atoms with E-state index in [9.17, 15) is 0 Å². The summed E-state index contributed by atoms with van der Waals surface area (Å²) >= 11 is 0. The van der Waals surface area contributed by atoms with E-state index in [1.807, 2.05) is 12.1 Å². The first-order valence-electron chi connectivity index (χ1n) is 22.0. The maximum absolute atomic E-state index is 5.36. The molecule has 13 rings (SSSR count). The summed E-state index contributed by atoms with van der Waals surface area (Å²) in [6, 6.07) is 76.6. The molecule has 0 bridgehead atoms. The zero-order valence-corrected chi connectivity index (χ0v) is 35.4. The van der Waals surface area contributed by atoms with Crippen molar-refractivity contribution < 1.29 is 0 Å². The number of rotatable bonds is 6. The second-order valence-electron chi connectivity index (χ2n) is 17.5. The third-order valence-corrected chi connectivity index (χ3v) is 13.5. The molecule has 0 amide bonds. The number of fused-ring (bicyclic) bond motifs is 11. The minimum absolute atomic E-state index is 0.112. The van der Waals surface area contributed by atoms with Crippen LogP contribution in [0.15, 0.2) is 212 Å². The summed E-state index contributed by atoms with van der Waals surface area (Å²) in [6.45, 7) is 4.70. The highest BCUT2D eigenvalue weighted by molar-refractivity contribution is 6.11. The van der Waals surface area contributed by atoms with Crippen molar-refractivity contribution in [1.29, 1.82) is 0 Å². The second kappa shape index (κ2) is 13.9. The van der Waals surface area contributed by atoms with E-state index in [4.69, 9.17) is 9.97 Å². The first-order chi connectivity index (χ1) is 31.5. The van der Waals surface area contributed by atoms with E-state index in [-0.39, 0.29) is 5.41 Å². The molecule has 1 aliphatic rings. The molecule has 0 fully saturated rings. The van der Waals surface area contributed by atoms with Gasteiger partial charge in [-0.15, -0.1) is 0 Å². The van der Waals surface area contributed by atoms with Gasteiger partial charge in [0.25, 0.3) is 0 Å². The largest absolute Gasteiger partial charge is 0.310 e. The highest BCUT2D eigenvalue weighted by atomic mass is 15.2. The monoisotopic (exact) mass is 819 g/mol. The van der Waals surface area contributed by atoms with Crippen molar-refractivity contribution in [3.05, 3.63) is 223 Å². The van der Waals surface area contributed by atoms with Crippen molar-refractivity contribution in [2.75, 3.05) is 4.90 Å². The SMILES string of the molecule is CC1(C)c2ccccc2-c2ccc(N(c3ccc(-c4ccccc4)cc3)c3ccc(-c4ccc5c(c4)c4ccccc4n5-c4nc5ccccc5c5nc6ccccc6n45)cc3)cc21. The van der Waals surface area contributed by atoms with Crippen LogP contribution in [0.5, 0.6) is 0 Å². The van der Waals surface area contributed by atoms with Gasteiger partial charge in [-0.25, -0.2) is 9.97 Å². The molecule has 0 N–H and O–H groups in total. The van der Waals surface area contributed by atoms with Crippen LogP contribution in [0, 0.1) is 0 Å². The Labute approximate surface area is 370 Å². The fraction of sp³-hybridized carbons (Fsp3) is 0.0508. The molecule has 64 heavy (non-hydrogen) atoms. The van der Waals surface area contributed by atoms with Crippen molar-refractivity contribution in [1.82, 2.24) is 18.9 Å². The molecule has 0 spiro atoms. The molecule has 1 aliphatic carbocycles. The van der Waals surface area contributed by atoms with Gasteiger partial charge in [-0.3, -0.25) is 8.97 Å². The Balaban J connectivity index is 0.935. The van der Waals surface area contributed by atoms with Crippen molar-refractivity contribution in [3.8, 4) is 39.3 Å². The number of benzene rings is 9. The van der Waals surface area contributed by atoms with Crippen molar-refractivity contribution >= 4 is 66.5 Å². The lowest BCUT2D eigenvalue weighted by atomic mass is 9.82. The molecule has 3 aromatic heterocycles. The van der Waals surface area contributed by atoms with E-state index in [2.05, 4.69) is 228 Å². The number of para-hydroxylation sites is 4. The lowest BCUT2D eigenvalue weighted by molar-refractivity contribution is 0.660. The predicted molar refractivity (Wildman–Crippen MR) is 265 cm³/mol. The standard InChI is InChI=1S/C59H41N5/c1-59(2)50-19-9-6-16-45(50)46-34-33-44(37-51(46)59)62(42-29-24-39(25-30-42)38-14-4-3-5-15-38)43-31-26-40(27-32-43)41-28-35-55-49(36-41)47-17-8-12-22-54(47)63(55)58-61-52-20-10-7-18-48(52)57-60-53-21-11-13-23-56(53)64(57)58/h3-37H,1-2H3. The smallest absolute Gasteiger partial charge is 0.221 e. The summed E-state index contributed by atoms with van der Waals surface area (Å²) in [4.78, 5) is 12.9. The Hall–Kier alpha value is -8.28. The summed E-state index contributed by atoms with van der Waals surface area (Å²) in [5, 5.41) is 3.38. The molecule has 3 heterocycles. The van der Waals surface area contributed by atoms with Crippen LogP contribution in [-0.4, -0.2) is 18.9 Å². The van der Waals surface area contributed by atoms with Crippen LogP contribution in [0.1, 0.15) is 25.0 Å². The second-order valence-corrected chi connectivity index (χ2v) is 17.5. The first kappa shape index (κ1) is 36.4. The third-order valence-electron chi connectivity index (χ3n) is 13.5.